The number of methoxy groups -OCH3 is 1. The fourth-order valence-corrected chi connectivity index (χ4v) is 1.89. The Kier molecular flexibility index (Phi) is 3.63. The Hall–Kier alpha value is -1.87. The van der Waals surface area contributed by atoms with Gasteiger partial charge in [0.25, 0.3) is 0 Å². The van der Waals surface area contributed by atoms with Gasteiger partial charge in [0.2, 0.25) is 0 Å². The van der Waals surface area contributed by atoms with Gasteiger partial charge in [0, 0.05) is 17.0 Å². The molecule has 0 bridgehead atoms. The molecule has 0 amide bonds. The number of benzene rings is 1. The van der Waals surface area contributed by atoms with Gasteiger partial charge in [0.05, 0.1) is 12.6 Å². The molecule has 0 N–H and O–H groups in total. The molecule has 4 heteroatoms. The first kappa shape index (κ1) is 12.6. The monoisotopic (exact) mass is 261 g/mol. The molecule has 1 aromatic heterocycles. The zero-order valence-corrected chi connectivity index (χ0v) is 10.9. The molecule has 0 radical (unpaired) electrons. The Balaban J connectivity index is 2.50. The summed E-state index contributed by atoms with van der Waals surface area (Å²) in [5.74, 6) is -0.421. The van der Waals surface area contributed by atoms with Crippen LogP contribution in [0.15, 0.2) is 30.3 Å². The van der Waals surface area contributed by atoms with Crippen LogP contribution in [0.4, 0.5) is 0 Å². The van der Waals surface area contributed by atoms with Gasteiger partial charge in [-0.2, -0.15) is 0 Å². The maximum absolute atomic E-state index is 11.0. The Morgan fingerprint density at radius 2 is 2.22 bits per heavy atom. The highest BCUT2D eigenvalue weighted by molar-refractivity contribution is 6.31. The number of hydrogen-bond donors (Lipinski definition) is 0. The molecule has 0 unspecified atom stereocenters. The van der Waals surface area contributed by atoms with Gasteiger partial charge in [-0.15, -0.1) is 0 Å². The van der Waals surface area contributed by atoms with E-state index in [4.69, 9.17) is 11.6 Å². The average molecular weight is 262 g/mol. The number of pyridine rings is 1. The summed E-state index contributed by atoms with van der Waals surface area (Å²) in [6.45, 7) is 1.98. The fraction of sp³-hybridized carbons (Fsp3) is 0.143. The molecule has 92 valence electrons. The van der Waals surface area contributed by atoms with E-state index >= 15 is 0 Å². The van der Waals surface area contributed by atoms with Crippen LogP contribution in [0, 0.1) is 6.92 Å². The normalized spacial score (nSPS) is 11.1. The van der Waals surface area contributed by atoms with Crippen LogP contribution in [0.25, 0.3) is 17.0 Å². The number of ether oxygens (including phenoxy) is 1. The van der Waals surface area contributed by atoms with E-state index in [9.17, 15) is 4.79 Å². The topological polar surface area (TPSA) is 39.2 Å². The van der Waals surface area contributed by atoms with Crippen molar-refractivity contribution in [3.8, 4) is 0 Å². The van der Waals surface area contributed by atoms with Gasteiger partial charge in [-0.3, -0.25) is 0 Å². The Bertz CT molecular complexity index is 635. The van der Waals surface area contributed by atoms with Gasteiger partial charge in [0.1, 0.15) is 5.15 Å². The van der Waals surface area contributed by atoms with E-state index in [0.29, 0.717) is 10.7 Å². The Morgan fingerprint density at radius 3 is 2.94 bits per heavy atom. The van der Waals surface area contributed by atoms with Crippen LogP contribution in [-0.2, 0) is 9.53 Å². The second-order valence-electron chi connectivity index (χ2n) is 3.87. The molecule has 0 aliphatic rings. The van der Waals surface area contributed by atoms with Crippen molar-refractivity contribution in [2.45, 2.75) is 6.92 Å². The van der Waals surface area contributed by atoms with Crippen LogP contribution in [0.5, 0.6) is 0 Å². The number of aromatic nitrogens is 1. The van der Waals surface area contributed by atoms with Crippen LogP contribution in [0.3, 0.4) is 0 Å². The van der Waals surface area contributed by atoms with Crippen molar-refractivity contribution in [1.29, 1.82) is 0 Å². The molecule has 0 aliphatic heterocycles. The first-order chi connectivity index (χ1) is 8.61. The summed E-state index contributed by atoms with van der Waals surface area (Å²) in [6.07, 6.45) is 2.92. The van der Waals surface area contributed by atoms with E-state index < -0.39 is 5.97 Å². The van der Waals surface area contributed by atoms with Crippen LogP contribution >= 0.6 is 11.6 Å². The molecule has 1 heterocycles. The lowest BCUT2D eigenvalue weighted by Gasteiger charge is -2.04. The minimum Gasteiger partial charge on any atom is -0.466 e. The number of halogens is 1. The third-order valence-corrected chi connectivity index (χ3v) is 2.93. The summed E-state index contributed by atoms with van der Waals surface area (Å²) < 4.78 is 4.53. The number of carbonyl (C=O) groups is 1. The van der Waals surface area contributed by atoms with Gasteiger partial charge in [0.15, 0.2) is 0 Å². The molecular formula is C14H12ClNO2. The van der Waals surface area contributed by atoms with E-state index in [1.54, 1.807) is 6.08 Å². The largest absolute Gasteiger partial charge is 0.466 e. The number of para-hydroxylation sites is 1. The second kappa shape index (κ2) is 5.19. The van der Waals surface area contributed by atoms with Crippen LogP contribution in [-0.4, -0.2) is 18.1 Å². The highest BCUT2D eigenvalue weighted by atomic mass is 35.5. The zero-order chi connectivity index (χ0) is 13.1. The van der Waals surface area contributed by atoms with Gasteiger partial charge in [-0.25, -0.2) is 9.78 Å². The average Bonchev–Trinajstić information content (AvgIpc) is 2.37. The second-order valence-corrected chi connectivity index (χ2v) is 4.23. The molecule has 0 spiro atoms. The lowest BCUT2D eigenvalue weighted by atomic mass is 10.1. The van der Waals surface area contributed by atoms with E-state index in [2.05, 4.69) is 9.72 Å². The summed E-state index contributed by atoms with van der Waals surface area (Å²) >= 11 is 6.09. The summed E-state index contributed by atoms with van der Waals surface area (Å²) in [5, 5.41) is 1.36. The Labute approximate surface area is 110 Å². The van der Waals surface area contributed by atoms with Crippen LogP contribution in [0.2, 0.25) is 5.15 Å². The molecule has 18 heavy (non-hydrogen) atoms. The molecule has 0 aliphatic carbocycles. The quantitative estimate of drug-likeness (QED) is 0.473. The molecule has 0 saturated carbocycles. The molecule has 2 rings (SSSR count). The van der Waals surface area contributed by atoms with Gasteiger partial charge < -0.3 is 4.74 Å². The molecular weight excluding hydrogens is 250 g/mol. The van der Waals surface area contributed by atoms with Crippen molar-refractivity contribution >= 4 is 34.5 Å². The standard InChI is InChI=1S/C14H12ClNO2/c1-9-4-3-5-10-8-11(6-7-12(17)18-2)14(15)16-13(9)10/h3-8H,1-2H3/b7-6+. The molecule has 2 aromatic rings. The van der Waals surface area contributed by atoms with E-state index in [1.165, 1.54) is 13.2 Å². The lowest BCUT2D eigenvalue weighted by Crippen LogP contribution is -1.94. The van der Waals surface area contributed by atoms with Gasteiger partial charge in [-0.1, -0.05) is 29.8 Å². The smallest absolute Gasteiger partial charge is 0.330 e. The maximum atomic E-state index is 11.0. The number of fused-ring (bicyclic) bond motifs is 1. The Morgan fingerprint density at radius 1 is 1.44 bits per heavy atom. The zero-order valence-electron chi connectivity index (χ0n) is 10.1. The summed E-state index contributed by atoms with van der Waals surface area (Å²) in [5.41, 5.74) is 2.63. The molecule has 1 aromatic carbocycles. The van der Waals surface area contributed by atoms with Crippen molar-refractivity contribution in [3.63, 3.8) is 0 Å². The van der Waals surface area contributed by atoms with Crippen molar-refractivity contribution in [1.82, 2.24) is 4.98 Å². The van der Waals surface area contributed by atoms with E-state index in [1.807, 2.05) is 31.2 Å². The fourth-order valence-electron chi connectivity index (χ4n) is 1.68. The third-order valence-electron chi connectivity index (χ3n) is 2.63. The summed E-state index contributed by atoms with van der Waals surface area (Å²) in [7, 11) is 1.33. The molecule has 0 saturated heterocycles. The van der Waals surface area contributed by atoms with Crippen molar-refractivity contribution in [2.75, 3.05) is 7.11 Å². The SMILES string of the molecule is COC(=O)/C=C/c1cc2cccc(C)c2nc1Cl. The summed E-state index contributed by atoms with van der Waals surface area (Å²) in [6, 6.07) is 7.80. The first-order valence-corrected chi connectivity index (χ1v) is 5.81. The predicted octanol–water partition coefficient (Wildman–Crippen LogP) is 3.38. The van der Waals surface area contributed by atoms with E-state index in [0.717, 1.165) is 16.5 Å². The van der Waals surface area contributed by atoms with Gasteiger partial charge in [-0.05, 0) is 24.6 Å². The predicted molar refractivity (Wildman–Crippen MR) is 72.5 cm³/mol. The number of hydrogen-bond acceptors (Lipinski definition) is 3. The van der Waals surface area contributed by atoms with Gasteiger partial charge >= 0.3 is 5.97 Å². The highest BCUT2D eigenvalue weighted by Gasteiger charge is 2.04. The van der Waals surface area contributed by atoms with Crippen molar-refractivity contribution in [3.05, 3.63) is 46.6 Å². The summed E-state index contributed by atoms with van der Waals surface area (Å²) in [4.78, 5) is 15.4. The van der Waals surface area contributed by atoms with Crippen LogP contribution < -0.4 is 0 Å². The third kappa shape index (κ3) is 2.51. The molecule has 0 fully saturated rings. The number of carbonyl (C=O) groups excluding carboxylic acids is 1. The maximum Gasteiger partial charge on any atom is 0.330 e. The first-order valence-electron chi connectivity index (χ1n) is 5.43. The minimum atomic E-state index is -0.421. The number of nitrogens with zero attached hydrogens (tertiary/aromatic N) is 1. The minimum absolute atomic E-state index is 0.372. The lowest BCUT2D eigenvalue weighted by molar-refractivity contribution is -0.134. The molecule has 0 atom stereocenters. The number of esters is 1. The molecule has 3 nitrogen and oxygen atoms in total. The number of rotatable bonds is 2. The highest BCUT2D eigenvalue weighted by Crippen LogP contribution is 2.23. The van der Waals surface area contributed by atoms with Crippen molar-refractivity contribution < 1.29 is 9.53 Å². The van der Waals surface area contributed by atoms with Crippen LogP contribution in [0.1, 0.15) is 11.1 Å². The number of aryl methyl sites for hydroxylation is 1. The van der Waals surface area contributed by atoms with E-state index in [-0.39, 0.29) is 0 Å². The van der Waals surface area contributed by atoms with Crippen molar-refractivity contribution in [2.24, 2.45) is 0 Å².